The van der Waals surface area contributed by atoms with E-state index in [2.05, 4.69) is 4.99 Å². The Hall–Kier alpha value is -1.85. The molecule has 1 aromatic carbocycles. The van der Waals surface area contributed by atoms with Crippen molar-refractivity contribution in [1.29, 1.82) is 0 Å². The second-order valence-electron chi connectivity index (χ2n) is 3.58. The van der Waals surface area contributed by atoms with Gasteiger partial charge in [-0.1, -0.05) is 0 Å². The lowest BCUT2D eigenvalue weighted by atomic mass is 10.2. The number of ether oxygens (including phenoxy) is 1. The Morgan fingerprint density at radius 1 is 1.47 bits per heavy atom. The molecule has 5 heteroatoms. The third-order valence-corrected chi connectivity index (χ3v) is 2.39. The fraction of sp³-hybridized carbons (Fsp3) is 0.250. The highest BCUT2D eigenvalue weighted by Crippen LogP contribution is 2.32. The molecule has 0 saturated carbocycles. The van der Waals surface area contributed by atoms with Gasteiger partial charge in [0.15, 0.2) is 11.3 Å². The number of aliphatic imine (C=N–C) groups is 1. The van der Waals surface area contributed by atoms with Crippen LogP contribution in [0.4, 0.5) is 11.4 Å². The van der Waals surface area contributed by atoms with Gasteiger partial charge in [0.1, 0.15) is 0 Å². The molecule has 0 radical (unpaired) electrons. The number of hydrogen-bond acceptors (Lipinski definition) is 5. The van der Waals surface area contributed by atoms with E-state index in [-0.39, 0.29) is 0 Å². The van der Waals surface area contributed by atoms with Crippen molar-refractivity contribution in [3.05, 3.63) is 24.0 Å². The zero-order valence-corrected chi connectivity index (χ0v) is 9.68. The number of nitrogens with zero attached hydrogens (tertiary/aromatic N) is 1. The van der Waals surface area contributed by atoms with Gasteiger partial charge in [-0.3, -0.25) is 4.99 Å². The van der Waals surface area contributed by atoms with Crippen LogP contribution in [-0.2, 0) is 4.74 Å². The molecule has 1 unspecified atom stereocenters. The predicted octanol–water partition coefficient (Wildman–Crippen LogP) is 2.37. The summed E-state index contributed by atoms with van der Waals surface area (Å²) in [6.07, 6.45) is 0.603. The van der Waals surface area contributed by atoms with Crippen molar-refractivity contribution in [3.63, 3.8) is 0 Å². The van der Waals surface area contributed by atoms with Crippen molar-refractivity contribution in [2.24, 2.45) is 4.99 Å². The molecule has 5 nitrogen and oxygen atoms in total. The molecule has 0 spiro atoms. The van der Waals surface area contributed by atoms with Gasteiger partial charge in [-0.15, -0.1) is 0 Å². The van der Waals surface area contributed by atoms with Gasteiger partial charge < -0.3 is 20.0 Å². The van der Waals surface area contributed by atoms with E-state index in [0.717, 1.165) is 11.1 Å². The van der Waals surface area contributed by atoms with Crippen LogP contribution in [0.25, 0.3) is 11.0 Å². The van der Waals surface area contributed by atoms with Gasteiger partial charge in [-0.25, -0.2) is 0 Å². The van der Waals surface area contributed by atoms with E-state index >= 15 is 0 Å². The number of anilines is 1. The Labute approximate surface area is 98.5 Å². The van der Waals surface area contributed by atoms with E-state index < -0.39 is 6.29 Å². The first-order chi connectivity index (χ1) is 8.15. The van der Waals surface area contributed by atoms with E-state index in [1.54, 1.807) is 18.3 Å². The van der Waals surface area contributed by atoms with Crippen LogP contribution in [0.1, 0.15) is 19.0 Å². The van der Waals surface area contributed by atoms with Crippen LogP contribution < -0.4 is 5.73 Å². The van der Waals surface area contributed by atoms with Crippen LogP contribution in [0.5, 0.6) is 0 Å². The molecule has 1 heterocycles. The van der Waals surface area contributed by atoms with E-state index in [1.165, 1.54) is 7.11 Å². The highest BCUT2D eigenvalue weighted by atomic mass is 16.6. The molecule has 17 heavy (non-hydrogen) atoms. The molecular weight excluding hydrogens is 220 g/mol. The Bertz CT molecular complexity index is 560. The molecule has 1 aromatic heterocycles. The number of benzene rings is 1. The van der Waals surface area contributed by atoms with Gasteiger partial charge in [-0.05, 0) is 25.1 Å². The maximum Gasteiger partial charge on any atom is 0.214 e. The molecule has 1 atom stereocenters. The average Bonchev–Trinajstić information content (AvgIpc) is 2.73. The molecular formula is C12H14N2O3. The molecule has 3 N–H and O–H groups in total. The number of nitrogen functional groups attached to an aromatic ring is 1. The van der Waals surface area contributed by atoms with Gasteiger partial charge in [0.05, 0.1) is 11.4 Å². The van der Waals surface area contributed by atoms with E-state index in [4.69, 9.17) is 14.9 Å². The SMILES string of the molecule is CC=Nc1cc(N)c2oc(C(O)OC)cc2c1. The summed E-state index contributed by atoms with van der Waals surface area (Å²) in [5.74, 6) is 0.326. The van der Waals surface area contributed by atoms with Crippen molar-refractivity contribution >= 4 is 28.6 Å². The van der Waals surface area contributed by atoms with Crippen LogP contribution in [-0.4, -0.2) is 18.4 Å². The zero-order valence-electron chi connectivity index (χ0n) is 9.68. The van der Waals surface area contributed by atoms with Gasteiger partial charge in [0.25, 0.3) is 0 Å². The summed E-state index contributed by atoms with van der Waals surface area (Å²) in [6, 6.07) is 5.24. The second kappa shape index (κ2) is 4.57. The highest BCUT2D eigenvalue weighted by molar-refractivity contribution is 5.92. The molecule has 0 aliphatic rings. The summed E-state index contributed by atoms with van der Waals surface area (Å²) >= 11 is 0. The molecule has 0 aliphatic carbocycles. The van der Waals surface area contributed by atoms with Gasteiger partial charge >= 0.3 is 0 Å². The van der Waals surface area contributed by atoms with E-state index in [1.807, 2.05) is 13.0 Å². The third-order valence-electron chi connectivity index (χ3n) is 2.39. The monoisotopic (exact) mass is 234 g/mol. The van der Waals surface area contributed by atoms with Gasteiger partial charge in [0.2, 0.25) is 6.29 Å². The minimum Gasteiger partial charge on any atom is -0.453 e. The minimum atomic E-state index is -1.08. The Morgan fingerprint density at radius 3 is 2.88 bits per heavy atom. The topological polar surface area (TPSA) is 81.0 Å². The fourth-order valence-corrected chi connectivity index (χ4v) is 1.65. The molecule has 90 valence electrons. The average molecular weight is 234 g/mol. The van der Waals surface area contributed by atoms with Crippen molar-refractivity contribution in [1.82, 2.24) is 0 Å². The van der Waals surface area contributed by atoms with Crippen LogP contribution in [0.3, 0.4) is 0 Å². The summed E-state index contributed by atoms with van der Waals surface area (Å²) in [5, 5.41) is 10.3. The number of hydrogen-bond donors (Lipinski definition) is 2. The van der Waals surface area contributed by atoms with Crippen LogP contribution in [0, 0.1) is 0 Å². The smallest absolute Gasteiger partial charge is 0.214 e. The molecule has 0 bridgehead atoms. The van der Waals surface area contributed by atoms with Crippen LogP contribution in [0.15, 0.2) is 27.6 Å². The van der Waals surface area contributed by atoms with Crippen LogP contribution in [0.2, 0.25) is 0 Å². The molecule has 2 rings (SSSR count). The van der Waals surface area contributed by atoms with Gasteiger partial charge in [0, 0.05) is 18.7 Å². The number of methoxy groups -OCH3 is 1. The van der Waals surface area contributed by atoms with Crippen molar-refractivity contribution in [2.45, 2.75) is 13.2 Å². The normalized spacial score (nSPS) is 13.6. The second-order valence-corrected chi connectivity index (χ2v) is 3.58. The van der Waals surface area contributed by atoms with E-state index in [0.29, 0.717) is 17.0 Å². The highest BCUT2D eigenvalue weighted by Gasteiger charge is 2.14. The Morgan fingerprint density at radius 2 is 2.24 bits per heavy atom. The standard InChI is InChI=1S/C12H14N2O3/c1-3-14-8-4-7-5-10(12(15)16-2)17-11(7)9(13)6-8/h3-6,12,15H,13H2,1-2H3. The first-order valence-corrected chi connectivity index (χ1v) is 5.18. The maximum atomic E-state index is 9.51. The lowest BCUT2D eigenvalue weighted by Crippen LogP contribution is -1.96. The van der Waals surface area contributed by atoms with Crippen LogP contribution >= 0.6 is 0 Å². The first-order valence-electron chi connectivity index (χ1n) is 5.18. The van der Waals surface area contributed by atoms with Crippen molar-refractivity contribution in [2.75, 3.05) is 12.8 Å². The summed E-state index contributed by atoms with van der Waals surface area (Å²) in [6.45, 7) is 1.83. The van der Waals surface area contributed by atoms with E-state index in [9.17, 15) is 5.11 Å². The van der Waals surface area contributed by atoms with Gasteiger partial charge in [-0.2, -0.15) is 0 Å². The molecule has 2 aromatic rings. The first kappa shape index (κ1) is 11.6. The number of furan rings is 1. The number of rotatable bonds is 3. The quantitative estimate of drug-likeness (QED) is 0.485. The predicted molar refractivity (Wildman–Crippen MR) is 66.4 cm³/mol. The number of nitrogens with two attached hydrogens (primary N) is 1. The molecule has 0 amide bonds. The largest absolute Gasteiger partial charge is 0.453 e. The molecule has 0 aliphatic heterocycles. The Balaban J connectivity index is 2.56. The number of fused-ring (bicyclic) bond motifs is 1. The summed E-state index contributed by atoms with van der Waals surface area (Å²) in [5.41, 5.74) is 7.62. The van der Waals surface area contributed by atoms with Crippen molar-refractivity contribution in [3.8, 4) is 0 Å². The number of aliphatic hydroxyl groups is 1. The third kappa shape index (κ3) is 2.15. The lowest BCUT2D eigenvalue weighted by Gasteiger charge is -2.02. The molecule has 0 fully saturated rings. The minimum absolute atomic E-state index is 0.326. The molecule has 0 saturated heterocycles. The maximum absolute atomic E-state index is 9.51. The summed E-state index contributed by atoms with van der Waals surface area (Å²) < 4.78 is 10.2. The fourth-order valence-electron chi connectivity index (χ4n) is 1.65. The zero-order chi connectivity index (χ0) is 12.4. The lowest BCUT2D eigenvalue weighted by molar-refractivity contribution is -0.0894. The Kier molecular flexibility index (Phi) is 3.12. The summed E-state index contributed by atoms with van der Waals surface area (Å²) in [7, 11) is 1.40. The number of aliphatic hydroxyl groups excluding tert-OH is 1. The summed E-state index contributed by atoms with van der Waals surface area (Å²) in [4.78, 5) is 4.15. The van der Waals surface area contributed by atoms with Crippen molar-refractivity contribution < 1.29 is 14.3 Å².